The monoisotopic (exact) mass is 407 g/mol. The first-order valence-electron chi connectivity index (χ1n) is 7.89. The van der Waals surface area contributed by atoms with Crippen molar-refractivity contribution in [3.8, 4) is 0 Å². The molecule has 2 aromatic rings. The molecule has 0 aliphatic rings. The van der Waals surface area contributed by atoms with Crippen LogP contribution in [0.1, 0.15) is 28.7 Å². The minimum atomic E-state index is -4.91. The Labute approximate surface area is 155 Å². The Balaban J connectivity index is 2.10. The van der Waals surface area contributed by atoms with E-state index >= 15 is 0 Å². The molecule has 0 atom stereocenters. The molecule has 11 heteroatoms. The van der Waals surface area contributed by atoms with E-state index in [-0.39, 0.29) is 30.5 Å². The Bertz CT molecular complexity index is 787. The minimum absolute atomic E-state index is 0.0211. The molecule has 0 aliphatic heterocycles. The molecule has 0 radical (unpaired) electrons. The molecule has 0 saturated heterocycles. The van der Waals surface area contributed by atoms with Gasteiger partial charge in [0.05, 0.1) is 18.2 Å². The first kappa shape index (κ1) is 21.5. The highest BCUT2D eigenvalue weighted by Crippen LogP contribution is 2.36. The number of carbonyl (C=O) groups is 1. The second kappa shape index (κ2) is 8.44. The van der Waals surface area contributed by atoms with Crippen LogP contribution in [0.3, 0.4) is 0 Å². The van der Waals surface area contributed by atoms with Gasteiger partial charge < -0.3 is 10.1 Å². The van der Waals surface area contributed by atoms with Gasteiger partial charge in [-0.05, 0) is 35.7 Å². The Kier molecular flexibility index (Phi) is 6.47. The highest BCUT2D eigenvalue weighted by Gasteiger charge is 2.36. The smallest absolute Gasteiger partial charge is 0.416 e. The number of aryl methyl sites for hydroxylation is 1. The third-order valence-electron chi connectivity index (χ3n) is 3.65. The van der Waals surface area contributed by atoms with Crippen molar-refractivity contribution in [3.05, 3.63) is 52.8 Å². The summed E-state index contributed by atoms with van der Waals surface area (Å²) in [6.45, 7) is -0.339. The third kappa shape index (κ3) is 6.10. The fraction of sp³-hybridized carbons (Fsp3) is 0.353. The van der Waals surface area contributed by atoms with Crippen molar-refractivity contribution in [2.24, 2.45) is 0 Å². The summed E-state index contributed by atoms with van der Waals surface area (Å²) in [4.78, 5) is 18.9. The van der Waals surface area contributed by atoms with Crippen LogP contribution in [0.15, 0.2) is 30.6 Å². The van der Waals surface area contributed by atoms with Crippen molar-refractivity contribution >= 4 is 11.9 Å². The highest BCUT2D eigenvalue weighted by molar-refractivity contribution is 5.69. The van der Waals surface area contributed by atoms with Gasteiger partial charge in [0, 0.05) is 25.4 Å². The van der Waals surface area contributed by atoms with Crippen molar-refractivity contribution in [2.75, 3.05) is 12.4 Å². The van der Waals surface area contributed by atoms with Crippen molar-refractivity contribution in [1.29, 1.82) is 0 Å². The van der Waals surface area contributed by atoms with Crippen molar-refractivity contribution in [3.63, 3.8) is 0 Å². The maximum atomic E-state index is 12.9. The number of halogens is 6. The van der Waals surface area contributed by atoms with Crippen molar-refractivity contribution in [1.82, 2.24) is 9.97 Å². The fourth-order valence-electron chi connectivity index (χ4n) is 2.23. The Hall–Kier alpha value is -2.85. The van der Waals surface area contributed by atoms with Crippen LogP contribution < -0.4 is 5.32 Å². The molecule has 1 heterocycles. The van der Waals surface area contributed by atoms with Gasteiger partial charge in [-0.1, -0.05) is 0 Å². The van der Waals surface area contributed by atoms with Gasteiger partial charge in [0.1, 0.15) is 0 Å². The maximum Gasteiger partial charge on any atom is 0.416 e. The van der Waals surface area contributed by atoms with Gasteiger partial charge in [-0.2, -0.15) is 26.3 Å². The largest absolute Gasteiger partial charge is 0.469 e. The van der Waals surface area contributed by atoms with Gasteiger partial charge in [-0.25, -0.2) is 9.97 Å². The molecule has 0 fully saturated rings. The molecule has 0 bridgehead atoms. The lowest BCUT2D eigenvalue weighted by Gasteiger charge is -2.14. The Morgan fingerprint density at radius 1 is 0.964 bits per heavy atom. The first-order chi connectivity index (χ1) is 13.0. The summed E-state index contributed by atoms with van der Waals surface area (Å²) in [5.41, 5.74) is -2.38. The van der Waals surface area contributed by atoms with Crippen molar-refractivity contribution < 1.29 is 35.9 Å². The average molecular weight is 407 g/mol. The van der Waals surface area contributed by atoms with E-state index in [1.807, 2.05) is 0 Å². The number of anilines is 1. The molecule has 1 aromatic heterocycles. The maximum absolute atomic E-state index is 12.9. The number of aromatic nitrogens is 2. The molecule has 0 unspecified atom stereocenters. The van der Waals surface area contributed by atoms with E-state index < -0.39 is 29.4 Å². The molecular weight excluding hydrogens is 392 g/mol. The standard InChI is InChI=1S/C17H15F6N3O2/c1-28-14(27)3-2-10-7-24-15(25-8-10)26-9-11-4-12(16(18,19)20)6-13(5-11)17(21,22)23/h4-8H,2-3,9H2,1H3,(H,24,25,26). The van der Waals surface area contributed by atoms with Gasteiger partial charge in [-0.15, -0.1) is 0 Å². The molecule has 2 rings (SSSR count). The molecule has 0 saturated carbocycles. The second-order valence-corrected chi connectivity index (χ2v) is 5.76. The zero-order valence-electron chi connectivity index (χ0n) is 14.5. The van der Waals surface area contributed by atoms with Gasteiger partial charge in [0.15, 0.2) is 0 Å². The molecule has 0 aliphatic carbocycles. The van der Waals surface area contributed by atoms with E-state index in [9.17, 15) is 31.1 Å². The van der Waals surface area contributed by atoms with E-state index in [2.05, 4.69) is 20.0 Å². The summed E-state index contributed by atoms with van der Waals surface area (Å²) in [7, 11) is 1.25. The van der Waals surface area contributed by atoms with Crippen LogP contribution >= 0.6 is 0 Å². The first-order valence-corrected chi connectivity index (χ1v) is 7.89. The van der Waals surface area contributed by atoms with E-state index in [0.717, 1.165) is 0 Å². The van der Waals surface area contributed by atoms with Crippen LogP contribution in [0.25, 0.3) is 0 Å². The van der Waals surface area contributed by atoms with E-state index in [1.165, 1.54) is 19.5 Å². The molecule has 0 amide bonds. The van der Waals surface area contributed by atoms with E-state index in [0.29, 0.717) is 24.1 Å². The SMILES string of the molecule is COC(=O)CCc1cnc(NCc2cc(C(F)(F)F)cc(C(F)(F)F)c2)nc1. The van der Waals surface area contributed by atoms with E-state index in [4.69, 9.17) is 0 Å². The normalized spacial score (nSPS) is 12.0. The van der Waals surface area contributed by atoms with Crippen LogP contribution in [0.2, 0.25) is 0 Å². The van der Waals surface area contributed by atoms with Crippen LogP contribution in [0.5, 0.6) is 0 Å². The summed E-state index contributed by atoms with van der Waals surface area (Å²) < 4.78 is 81.6. The molecule has 28 heavy (non-hydrogen) atoms. The van der Waals surface area contributed by atoms with Gasteiger partial charge >= 0.3 is 18.3 Å². The Morgan fingerprint density at radius 2 is 1.50 bits per heavy atom. The topological polar surface area (TPSA) is 64.1 Å². The van der Waals surface area contributed by atoms with Gasteiger partial charge in [-0.3, -0.25) is 4.79 Å². The van der Waals surface area contributed by atoms with Crippen LogP contribution in [-0.4, -0.2) is 23.0 Å². The fourth-order valence-corrected chi connectivity index (χ4v) is 2.23. The number of nitrogens with one attached hydrogen (secondary N) is 1. The number of esters is 1. The number of methoxy groups -OCH3 is 1. The van der Waals surface area contributed by atoms with Gasteiger partial charge in [0.2, 0.25) is 5.95 Å². The zero-order chi connectivity index (χ0) is 20.9. The lowest BCUT2D eigenvalue weighted by Crippen LogP contribution is -2.13. The third-order valence-corrected chi connectivity index (χ3v) is 3.65. The minimum Gasteiger partial charge on any atom is -0.469 e. The molecular formula is C17H15F6N3O2. The number of carbonyl (C=O) groups excluding carboxylic acids is 1. The molecule has 1 N–H and O–H groups in total. The van der Waals surface area contributed by atoms with E-state index in [1.54, 1.807) is 0 Å². The Morgan fingerprint density at radius 3 is 1.96 bits per heavy atom. The summed E-state index contributed by atoms with van der Waals surface area (Å²) in [5, 5.41) is 2.57. The molecule has 0 spiro atoms. The zero-order valence-corrected chi connectivity index (χ0v) is 14.5. The summed E-state index contributed by atoms with van der Waals surface area (Å²) >= 11 is 0. The quantitative estimate of drug-likeness (QED) is 0.574. The predicted octanol–water partition coefficient (Wildman–Crippen LogP) is 4.23. The number of benzene rings is 1. The van der Waals surface area contributed by atoms with Crippen LogP contribution in [0, 0.1) is 0 Å². The molecule has 1 aromatic carbocycles. The van der Waals surface area contributed by atoms with Gasteiger partial charge in [0.25, 0.3) is 0 Å². The number of nitrogens with zero attached hydrogens (tertiary/aromatic N) is 2. The number of alkyl halides is 6. The number of ether oxygens (including phenoxy) is 1. The summed E-state index contributed by atoms with van der Waals surface area (Å²) in [6, 6.07) is 1.33. The molecule has 152 valence electrons. The highest BCUT2D eigenvalue weighted by atomic mass is 19.4. The van der Waals surface area contributed by atoms with Crippen LogP contribution in [0.4, 0.5) is 32.3 Å². The number of rotatable bonds is 6. The van der Waals surface area contributed by atoms with Crippen LogP contribution in [-0.2, 0) is 34.8 Å². The number of hydrogen-bond donors (Lipinski definition) is 1. The van der Waals surface area contributed by atoms with Crippen molar-refractivity contribution in [2.45, 2.75) is 31.7 Å². The lowest BCUT2D eigenvalue weighted by molar-refractivity contribution is -0.143. The second-order valence-electron chi connectivity index (χ2n) is 5.76. The summed E-state index contributed by atoms with van der Waals surface area (Å²) in [6.07, 6.45) is -6.58. The number of hydrogen-bond acceptors (Lipinski definition) is 5. The average Bonchev–Trinajstić information content (AvgIpc) is 2.63. The predicted molar refractivity (Wildman–Crippen MR) is 86.1 cm³/mol. The molecule has 5 nitrogen and oxygen atoms in total. The summed E-state index contributed by atoms with van der Waals surface area (Å²) in [5.74, 6) is -0.389. The lowest BCUT2D eigenvalue weighted by atomic mass is 10.0.